The van der Waals surface area contributed by atoms with E-state index in [0.29, 0.717) is 16.1 Å². The Balaban J connectivity index is 2.04. The third-order valence-corrected chi connectivity index (χ3v) is 4.69. The van der Waals surface area contributed by atoms with Crippen molar-refractivity contribution < 1.29 is 18.0 Å². The molecule has 0 aliphatic heterocycles. The quantitative estimate of drug-likeness (QED) is 0.812. The summed E-state index contributed by atoms with van der Waals surface area (Å²) in [5.74, 6) is -0.723. The Morgan fingerprint density at radius 3 is 2.81 bits per heavy atom. The van der Waals surface area contributed by atoms with Gasteiger partial charge < -0.3 is 11.1 Å². The Kier molecular flexibility index (Phi) is 4.90. The first-order valence-electron chi connectivity index (χ1n) is 5.74. The van der Waals surface area contributed by atoms with Crippen LogP contribution in [0.15, 0.2) is 18.2 Å². The minimum atomic E-state index is -4.29. The number of rotatable bonds is 4. The molecule has 0 aliphatic carbocycles. The van der Waals surface area contributed by atoms with E-state index in [1.165, 1.54) is 0 Å². The maximum Gasteiger partial charge on any atom is 0.441 e. The van der Waals surface area contributed by atoms with Crippen molar-refractivity contribution in [3.63, 3.8) is 0 Å². The van der Waals surface area contributed by atoms with Gasteiger partial charge in [0.2, 0.25) is 0 Å². The number of fused-ring (bicyclic) bond motifs is 1. The van der Waals surface area contributed by atoms with Gasteiger partial charge in [-0.3, -0.25) is 4.79 Å². The third kappa shape index (κ3) is 4.18. The van der Waals surface area contributed by atoms with Gasteiger partial charge in [0.15, 0.2) is 0 Å². The summed E-state index contributed by atoms with van der Waals surface area (Å²) in [6.45, 7) is -0.0859. The van der Waals surface area contributed by atoms with E-state index in [1.807, 2.05) is 0 Å². The lowest BCUT2D eigenvalue weighted by atomic mass is 10.2. The van der Waals surface area contributed by atoms with Crippen LogP contribution in [0.2, 0.25) is 5.02 Å². The van der Waals surface area contributed by atoms with Crippen molar-refractivity contribution in [2.24, 2.45) is 0 Å². The number of halogens is 4. The van der Waals surface area contributed by atoms with Crippen molar-refractivity contribution in [2.45, 2.75) is 5.51 Å². The number of thioether (sulfide) groups is 1. The average molecular weight is 355 g/mol. The molecule has 0 spiro atoms. The van der Waals surface area contributed by atoms with Crippen LogP contribution in [0.1, 0.15) is 9.67 Å². The van der Waals surface area contributed by atoms with Crippen LogP contribution < -0.4 is 11.1 Å². The lowest BCUT2D eigenvalue weighted by molar-refractivity contribution is -0.0327. The first-order valence-corrected chi connectivity index (χ1v) is 7.92. The molecule has 0 aliphatic rings. The molecule has 1 amide bonds. The van der Waals surface area contributed by atoms with E-state index in [1.54, 1.807) is 18.2 Å². The highest BCUT2D eigenvalue weighted by Crippen LogP contribution is 2.35. The molecule has 9 heteroatoms. The van der Waals surface area contributed by atoms with Gasteiger partial charge in [0, 0.05) is 27.4 Å². The predicted molar refractivity (Wildman–Crippen MR) is 82.1 cm³/mol. The van der Waals surface area contributed by atoms with E-state index in [9.17, 15) is 18.0 Å². The molecule has 2 aromatic rings. The number of carbonyl (C=O) groups excluding carboxylic acids is 1. The third-order valence-electron chi connectivity index (χ3n) is 2.55. The zero-order valence-corrected chi connectivity index (χ0v) is 12.8. The van der Waals surface area contributed by atoms with Gasteiger partial charge in [0.1, 0.15) is 4.88 Å². The number of benzene rings is 1. The number of hydrogen-bond donors (Lipinski definition) is 2. The highest BCUT2D eigenvalue weighted by Gasteiger charge is 2.27. The molecule has 0 saturated heterocycles. The molecule has 0 atom stereocenters. The van der Waals surface area contributed by atoms with Crippen molar-refractivity contribution in [1.29, 1.82) is 0 Å². The molecule has 2 rings (SSSR count). The number of anilines is 1. The molecule has 3 N–H and O–H groups in total. The van der Waals surface area contributed by atoms with Crippen molar-refractivity contribution in [3.8, 4) is 0 Å². The fourth-order valence-electron chi connectivity index (χ4n) is 1.67. The molecule has 0 radical (unpaired) electrons. The molecule has 1 heterocycles. The molecule has 114 valence electrons. The van der Waals surface area contributed by atoms with Gasteiger partial charge in [0.05, 0.1) is 5.69 Å². The second-order valence-corrected chi connectivity index (χ2v) is 6.68. The Hall–Kier alpha value is -1.12. The number of nitrogen functional groups attached to an aromatic ring is 1. The maximum absolute atomic E-state index is 12.0. The van der Waals surface area contributed by atoms with Gasteiger partial charge in [0.25, 0.3) is 5.91 Å². The fourth-order valence-corrected chi connectivity index (χ4v) is 3.42. The highest BCUT2D eigenvalue weighted by atomic mass is 35.5. The van der Waals surface area contributed by atoms with Gasteiger partial charge in [-0.15, -0.1) is 11.3 Å². The van der Waals surface area contributed by atoms with Crippen LogP contribution in [0.3, 0.4) is 0 Å². The Bertz CT molecular complexity index is 672. The van der Waals surface area contributed by atoms with Crippen LogP contribution in [0, 0.1) is 0 Å². The summed E-state index contributed by atoms with van der Waals surface area (Å²) in [6, 6.07) is 5.06. The summed E-state index contributed by atoms with van der Waals surface area (Å²) in [5.41, 5.74) is 1.90. The van der Waals surface area contributed by atoms with E-state index in [-0.39, 0.29) is 28.9 Å². The van der Waals surface area contributed by atoms with Gasteiger partial charge >= 0.3 is 5.51 Å². The lowest BCUT2D eigenvalue weighted by Gasteiger charge is -2.06. The number of carbonyl (C=O) groups is 1. The van der Waals surface area contributed by atoms with Crippen molar-refractivity contribution in [3.05, 3.63) is 28.1 Å². The number of nitrogens with one attached hydrogen (secondary N) is 1. The van der Waals surface area contributed by atoms with E-state index in [0.717, 1.165) is 16.0 Å². The van der Waals surface area contributed by atoms with Crippen LogP contribution in [0.4, 0.5) is 18.9 Å². The molecule has 0 bridgehead atoms. The summed E-state index contributed by atoms with van der Waals surface area (Å²) in [5, 5.41) is 3.66. The van der Waals surface area contributed by atoms with E-state index < -0.39 is 11.4 Å². The first-order chi connectivity index (χ1) is 9.78. The zero-order chi connectivity index (χ0) is 15.6. The predicted octanol–water partition coefficient (Wildman–Crippen LogP) is 4.12. The van der Waals surface area contributed by atoms with Crippen LogP contribution in [-0.2, 0) is 0 Å². The van der Waals surface area contributed by atoms with Crippen LogP contribution in [0.5, 0.6) is 0 Å². The molecular weight excluding hydrogens is 345 g/mol. The minimum absolute atomic E-state index is 0.0859. The normalized spacial score (nSPS) is 11.8. The highest BCUT2D eigenvalue weighted by molar-refractivity contribution is 8.00. The summed E-state index contributed by atoms with van der Waals surface area (Å²) in [6.07, 6.45) is 0. The monoisotopic (exact) mass is 354 g/mol. The largest absolute Gasteiger partial charge is 0.441 e. The zero-order valence-electron chi connectivity index (χ0n) is 10.5. The van der Waals surface area contributed by atoms with Crippen LogP contribution >= 0.6 is 34.7 Å². The molecule has 0 unspecified atom stereocenters. The van der Waals surface area contributed by atoms with Gasteiger partial charge in [-0.25, -0.2) is 0 Å². The molecule has 0 saturated carbocycles. The number of thiophene rings is 1. The molecule has 3 nitrogen and oxygen atoms in total. The van der Waals surface area contributed by atoms with Gasteiger partial charge in [-0.1, -0.05) is 11.6 Å². The standard InChI is InChI=1S/C12H10ClF3N2OS2/c13-6-1-2-7-8(5-6)21-10(9(7)17)11(19)18-3-4-20-12(14,15)16/h1-2,5H,3-4,17H2,(H,18,19). The first kappa shape index (κ1) is 16.3. The smallest absolute Gasteiger partial charge is 0.397 e. The van der Waals surface area contributed by atoms with E-state index in [4.69, 9.17) is 17.3 Å². The summed E-state index contributed by atoms with van der Waals surface area (Å²) in [4.78, 5) is 12.2. The van der Waals surface area contributed by atoms with Gasteiger partial charge in [-0.05, 0) is 30.0 Å². The van der Waals surface area contributed by atoms with Crippen LogP contribution in [0.25, 0.3) is 10.1 Å². The van der Waals surface area contributed by atoms with Crippen LogP contribution in [-0.4, -0.2) is 23.7 Å². The number of hydrogen-bond acceptors (Lipinski definition) is 4. The topological polar surface area (TPSA) is 55.1 Å². The minimum Gasteiger partial charge on any atom is -0.397 e. The summed E-state index contributed by atoms with van der Waals surface area (Å²) >= 11 is 6.84. The molecular formula is C12H10ClF3N2OS2. The second-order valence-electron chi connectivity index (χ2n) is 4.04. The number of alkyl halides is 3. The van der Waals surface area contributed by atoms with E-state index >= 15 is 0 Å². The van der Waals surface area contributed by atoms with Gasteiger partial charge in [-0.2, -0.15) is 13.2 Å². The molecule has 1 aromatic heterocycles. The second kappa shape index (κ2) is 6.33. The van der Waals surface area contributed by atoms with Crippen molar-refractivity contribution in [1.82, 2.24) is 5.32 Å². The van der Waals surface area contributed by atoms with Crippen molar-refractivity contribution in [2.75, 3.05) is 18.0 Å². The van der Waals surface area contributed by atoms with E-state index in [2.05, 4.69) is 5.32 Å². The molecule has 21 heavy (non-hydrogen) atoms. The Morgan fingerprint density at radius 1 is 1.43 bits per heavy atom. The number of amides is 1. The maximum atomic E-state index is 12.0. The fraction of sp³-hybridized carbons (Fsp3) is 0.250. The Labute approximate surface area is 131 Å². The molecule has 0 fully saturated rings. The summed E-state index contributed by atoms with van der Waals surface area (Å²) in [7, 11) is 0. The number of nitrogens with two attached hydrogens (primary N) is 1. The Morgan fingerprint density at radius 2 is 2.14 bits per heavy atom. The molecule has 1 aromatic carbocycles. The van der Waals surface area contributed by atoms with Crippen molar-refractivity contribution >= 4 is 56.4 Å². The lowest BCUT2D eigenvalue weighted by Crippen LogP contribution is -2.26. The SMILES string of the molecule is Nc1c(C(=O)NCCSC(F)(F)F)sc2cc(Cl)ccc12. The summed E-state index contributed by atoms with van der Waals surface area (Å²) < 4.78 is 36.7. The average Bonchev–Trinajstić information content (AvgIpc) is 2.70.